The SMILES string of the molecule is CC(/C=C(\C)[N-]c1ccccc1)=Nc1ccccc1.CC(C)(C)[N]=[Nb]. The van der Waals surface area contributed by atoms with Crippen molar-refractivity contribution in [3.63, 3.8) is 0 Å². The van der Waals surface area contributed by atoms with E-state index >= 15 is 0 Å². The van der Waals surface area contributed by atoms with Gasteiger partial charge in [0.25, 0.3) is 0 Å². The molecule has 3 nitrogen and oxygen atoms in total. The van der Waals surface area contributed by atoms with Crippen LogP contribution in [0.3, 0.4) is 0 Å². The molecule has 4 heteroatoms. The second-order valence-electron chi connectivity index (χ2n) is 6.59. The van der Waals surface area contributed by atoms with Gasteiger partial charge in [-0.2, -0.15) is 5.70 Å². The van der Waals surface area contributed by atoms with Crippen LogP contribution in [0.5, 0.6) is 0 Å². The van der Waals surface area contributed by atoms with Gasteiger partial charge >= 0.3 is 50.5 Å². The van der Waals surface area contributed by atoms with Crippen LogP contribution < -0.4 is 0 Å². The van der Waals surface area contributed by atoms with Crippen LogP contribution >= 0.6 is 0 Å². The molecule has 0 atom stereocenters. The Labute approximate surface area is 164 Å². The van der Waals surface area contributed by atoms with Crippen LogP contribution in [0.2, 0.25) is 0 Å². The van der Waals surface area contributed by atoms with Crippen LogP contribution in [0.4, 0.5) is 11.4 Å². The zero-order chi connectivity index (χ0) is 18.7. The van der Waals surface area contributed by atoms with Gasteiger partial charge in [0.15, 0.2) is 0 Å². The molecule has 0 bridgehead atoms. The van der Waals surface area contributed by atoms with Crippen LogP contribution in [0, 0.1) is 0 Å². The van der Waals surface area contributed by atoms with Crippen molar-refractivity contribution in [2.45, 2.75) is 40.2 Å². The van der Waals surface area contributed by atoms with E-state index in [1.165, 1.54) is 20.9 Å². The minimum atomic E-state index is 0.189. The summed E-state index contributed by atoms with van der Waals surface area (Å²) in [6.07, 6.45) is 1.99. The van der Waals surface area contributed by atoms with Crippen molar-refractivity contribution in [2.75, 3.05) is 0 Å². The summed E-state index contributed by atoms with van der Waals surface area (Å²) < 4.78 is 4.07. The second kappa shape index (κ2) is 10.9. The molecule has 25 heavy (non-hydrogen) atoms. The van der Waals surface area contributed by atoms with Gasteiger partial charge in [-0.1, -0.05) is 61.5 Å². The number of hydrogen-bond donors (Lipinski definition) is 0. The third-order valence-corrected chi connectivity index (χ3v) is 4.32. The van der Waals surface area contributed by atoms with Crippen molar-refractivity contribution in [1.29, 1.82) is 0 Å². The summed E-state index contributed by atoms with van der Waals surface area (Å²) in [5.74, 6) is 0. The molecule has 0 aliphatic heterocycles. The minimum absolute atomic E-state index is 0.189. The molecule has 2 rings (SSSR count). The Balaban J connectivity index is 0.000000450. The zero-order valence-electron chi connectivity index (χ0n) is 15.6. The molecule has 0 aromatic heterocycles. The average Bonchev–Trinajstić information content (AvgIpc) is 2.56. The van der Waals surface area contributed by atoms with Gasteiger partial charge in [0.1, 0.15) is 0 Å². The molecular formula is C21H26N3Nb-. The van der Waals surface area contributed by atoms with E-state index in [2.05, 4.69) is 34.4 Å². The number of hydrogen-bond acceptors (Lipinski definition) is 2. The van der Waals surface area contributed by atoms with Crippen molar-refractivity contribution in [3.8, 4) is 0 Å². The van der Waals surface area contributed by atoms with Crippen LogP contribution in [0.25, 0.3) is 5.32 Å². The van der Waals surface area contributed by atoms with Crippen molar-refractivity contribution in [1.82, 2.24) is 0 Å². The summed E-state index contributed by atoms with van der Waals surface area (Å²) in [6.45, 7) is 10.2. The molecule has 0 heterocycles. The summed E-state index contributed by atoms with van der Waals surface area (Å²) >= 11 is 1.52. The first-order valence-corrected chi connectivity index (χ1v) is 9.20. The second-order valence-corrected chi connectivity index (χ2v) is 7.08. The number of aliphatic imine (C=N–C) groups is 1. The van der Waals surface area contributed by atoms with Gasteiger partial charge in [0, 0.05) is 5.71 Å². The molecule has 2 aromatic carbocycles. The Morgan fingerprint density at radius 2 is 1.40 bits per heavy atom. The molecule has 0 spiro atoms. The van der Waals surface area contributed by atoms with E-state index in [0.29, 0.717) is 0 Å². The first kappa shape index (κ1) is 21.2. The number of allylic oxidation sites excluding steroid dienone is 2. The van der Waals surface area contributed by atoms with Crippen molar-refractivity contribution >= 4 is 17.1 Å². The van der Waals surface area contributed by atoms with Crippen molar-refractivity contribution in [2.24, 2.45) is 8.33 Å². The third kappa shape index (κ3) is 10.6. The summed E-state index contributed by atoms with van der Waals surface area (Å²) in [6, 6.07) is 19.9. The summed E-state index contributed by atoms with van der Waals surface area (Å²) in [4.78, 5) is 4.52. The molecule has 2 aromatic rings. The van der Waals surface area contributed by atoms with Gasteiger partial charge in [-0.3, -0.25) is 4.99 Å². The molecule has 0 saturated carbocycles. The molecule has 0 aliphatic carbocycles. The fourth-order valence-corrected chi connectivity index (χ4v) is 1.78. The van der Waals surface area contributed by atoms with Crippen LogP contribution in [-0.4, -0.2) is 11.3 Å². The quantitative estimate of drug-likeness (QED) is 0.386. The maximum atomic E-state index is 4.52. The Bertz CT molecular complexity index is 699. The average molecular weight is 413 g/mol. The molecule has 0 N–H and O–H groups in total. The third-order valence-electron chi connectivity index (χ3n) is 2.84. The monoisotopic (exact) mass is 413 g/mol. The number of rotatable bonds is 4. The van der Waals surface area contributed by atoms with Gasteiger partial charge < -0.3 is 5.32 Å². The first-order chi connectivity index (χ1) is 11.8. The van der Waals surface area contributed by atoms with E-state index in [9.17, 15) is 0 Å². The van der Waals surface area contributed by atoms with E-state index in [1.54, 1.807) is 0 Å². The number of benzene rings is 2. The van der Waals surface area contributed by atoms with E-state index in [-0.39, 0.29) is 5.54 Å². The van der Waals surface area contributed by atoms with Gasteiger partial charge in [-0.25, -0.2) is 0 Å². The van der Waals surface area contributed by atoms with Crippen LogP contribution in [0.15, 0.2) is 80.8 Å². The summed E-state index contributed by atoms with van der Waals surface area (Å²) in [7, 11) is 0. The number of nitrogens with zero attached hydrogens (tertiary/aromatic N) is 3. The Morgan fingerprint density at radius 1 is 0.920 bits per heavy atom. The standard InChI is InChI=1S/C17H17N2.C4H9N.Nb/c1-14(18-16-9-5-3-6-10-16)13-15(2)19-17-11-7-4-8-12-17;1-4(2,3)5;/h3-13H,1-2H3;1-3H3;/q-1;;/b14-13+,19-15?;;. The molecule has 0 amide bonds. The molecule has 0 unspecified atom stereocenters. The van der Waals surface area contributed by atoms with Crippen molar-refractivity contribution in [3.05, 3.63) is 77.8 Å². The topological polar surface area (TPSA) is 38.8 Å². The summed E-state index contributed by atoms with van der Waals surface area (Å²) in [5.41, 5.74) is 4.01. The van der Waals surface area contributed by atoms with Gasteiger partial charge in [0.05, 0.1) is 5.69 Å². The van der Waals surface area contributed by atoms with E-state index in [0.717, 1.165) is 22.8 Å². The summed E-state index contributed by atoms with van der Waals surface area (Å²) in [5, 5.41) is 4.52. The van der Waals surface area contributed by atoms with Gasteiger partial charge in [-0.05, 0) is 19.1 Å². The van der Waals surface area contributed by atoms with E-state index in [4.69, 9.17) is 0 Å². The van der Waals surface area contributed by atoms with Crippen molar-refractivity contribution < 1.29 is 20.9 Å². The van der Waals surface area contributed by atoms with Crippen LogP contribution in [0.1, 0.15) is 34.6 Å². The number of para-hydroxylation sites is 2. The Kier molecular flexibility index (Phi) is 9.28. The molecule has 131 valence electrons. The maximum absolute atomic E-state index is 4.52. The Hall–Kier alpha value is -1.81. The van der Waals surface area contributed by atoms with Gasteiger partial charge in [-0.15, -0.1) is 5.69 Å². The normalized spacial score (nSPS) is 12.0. The molecular weight excluding hydrogens is 387 g/mol. The predicted molar refractivity (Wildman–Crippen MR) is 105 cm³/mol. The molecule has 0 radical (unpaired) electrons. The molecule has 0 saturated heterocycles. The predicted octanol–water partition coefficient (Wildman–Crippen LogP) is 6.90. The van der Waals surface area contributed by atoms with E-state index < -0.39 is 0 Å². The van der Waals surface area contributed by atoms with E-state index in [1.807, 2.05) is 80.6 Å². The first-order valence-electron chi connectivity index (χ1n) is 8.22. The van der Waals surface area contributed by atoms with Gasteiger partial charge in [0.2, 0.25) is 0 Å². The molecule has 0 fully saturated rings. The Morgan fingerprint density at radius 3 is 1.88 bits per heavy atom. The molecule has 0 aliphatic rings. The zero-order valence-corrected chi connectivity index (χ0v) is 17.8. The fraction of sp³-hybridized carbons (Fsp3) is 0.286. The fourth-order valence-electron chi connectivity index (χ4n) is 1.78. The van der Waals surface area contributed by atoms with Crippen LogP contribution in [-0.2, 0) is 20.9 Å².